The second-order valence-corrected chi connectivity index (χ2v) is 9.46. The minimum absolute atomic E-state index is 0.0708. The Morgan fingerprint density at radius 1 is 1.14 bits per heavy atom. The first-order valence-electron chi connectivity index (χ1n) is 12.1. The minimum Gasteiger partial charge on any atom is -0.491 e. The Hall–Kier alpha value is -3.26. The first-order chi connectivity index (χ1) is 17.5. The van der Waals surface area contributed by atoms with Crippen molar-refractivity contribution >= 4 is 22.5 Å². The summed E-state index contributed by atoms with van der Waals surface area (Å²) in [4.78, 5) is 18.6. The predicted molar refractivity (Wildman–Crippen MR) is 140 cm³/mol. The molecule has 8 heteroatoms. The summed E-state index contributed by atoms with van der Waals surface area (Å²) < 4.78 is 22.2. The maximum atomic E-state index is 15.3. The number of aromatic nitrogens is 2. The van der Waals surface area contributed by atoms with E-state index in [-0.39, 0.29) is 30.3 Å². The molecule has 2 heterocycles. The molecule has 0 bridgehead atoms. The van der Waals surface area contributed by atoms with E-state index < -0.39 is 5.82 Å². The van der Waals surface area contributed by atoms with Crippen LogP contribution in [-0.2, 0) is 6.54 Å². The number of piperidine rings is 1. The van der Waals surface area contributed by atoms with Crippen LogP contribution in [0.1, 0.15) is 12.8 Å². The molecule has 186 valence electrons. The van der Waals surface area contributed by atoms with Crippen LogP contribution in [0.2, 0.25) is 5.02 Å². The van der Waals surface area contributed by atoms with Crippen molar-refractivity contribution in [2.45, 2.75) is 19.4 Å². The molecule has 1 atom stereocenters. The summed E-state index contributed by atoms with van der Waals surface area (Å²) >= 11 is 6.18. The Morgan fingerprint density at radius 3 is 2.75 bits per heavy atom. The monoisotopic (exact) mass is 507 g/mol. The quantitative estimate of drug-likeness (QED) is 0.372. The largest absolute Gasteiger partial charge is 0.491 e. The average molecular weight is 508 g/mol. The molecular weight excluding hydrogens is 481 g/mol. The van der Waals surface area contributed by atoms with Crippen molar-refractivity contribution in [2.75, 3.05) is 26.3 Å². The topological polar surface area (TPSA) is 76.4 Å². The lowest BCUT2D eigenvalue weighted by Crippen LogP contribution is -2.35. The van der Waals surface area contributed by atoms with Crippen molar-refractivity contribution in [2.24, 2.45) is 5.92 Å². The summed E-state index contributed by atoms with van der Waals surface area (Å²) in [5.74, 6) is 0.297. The van der Waals surface area contributed by atoms with Gasteiger partial charge in [0.05, 0.1) is 23.1 Å². The van der Waals surface area contributed by atoms with Crippen LogP contribution in [0.15, 0.2) is 65.5 Å². The molecule has 1 aromatic heterocycles. The first-order valence-corrected chi connectivity index (χ1v) is 12.5. The van der Waals surface area contributed by atoms with Gasteiger partial charge in [0.2, 0.25) is 0 Å². The number of hydrogen-bond acceptors (Lipinski definition) is 5. The first kappa shape index (κ1) is 24.4. The van der Waals surface area contributed by atoms with Crippen LogP contribution in [0.4, 0.5) is 4.39 Å². The van der Waals surface area contributed by atoms with Gasteiger partial charge in [0.15, 0.2) is 0 Å². The highest BCUT2D eigenvalue weighted by atomic mass is 35.5. The van der Waals surface area contributed by atoms with Crippen LogP contribution in [0, 0.1) is 11.7 Å². The van der Waals surface area contributed by atoms with E-state index in [9.17, 15) is 4.79 Å². The summed E-state index contributed by atoms with van der Waals surface area (Å²) in [5, 5.41) is 13.5. The molecule has 0 radical (unpaired) electrons. The Kier molecular flexibility index (Phi) is 7.32. The lowest BCUT2D eigenvalue weighted by atomic mass is 9.99. The molecule has 1 aliphatic heterocycles. The van der Waals surface area contributed by atoms with Crippen LogP contribution < -0.4 is 15.6 Å². The molecule has 36 heavy (non-hydrogen) atoms. The Bertz CT molecular complexity index is 1450. The summed E-state index contributed by atoms with van der Waals surface area (Å²) in [6, 6.07) is 17.4. The van der Waals surface area contributed by atoms with E-state index in [0.717, 1.165) is 37.1 Å². The van der Waals surface area contributed by atoms with Gasteiger partial charge in [0.25, 0.3) is 5.56 Å². The summed E-state index contributed by atoms with van der Waals surface area (Å²) in [7, 11) is 0. The Labute approximate surface area is 213 Å². The number of hydrogen-bond donors (Lipinski definition) is 2. The molecule has 0 spiro atoms. The maximum Gasteiger partial charge on any atom is 0.261 e. The van der Waals surface area contributed by atoms with Gasteiger partial charge < -0.3 is 15.2 Å². The van der Waals surface area contributed by atoms with Gasteiger partial charge in [0.1, 0.15) is 24.0 Å². The number of benzene rings is 3. The lowest BCUT2D eigenvalue weighted by molar-refractivity contribution is 0.201. The number of aliphatic hydroxyl groups excluding tert-OH is 1. The zero-order chi connectivity index (χ0) is 25.1. The van der Waals surface area contributed by atoms with Gasteiger partial charge in [-0.1, -0.05) is 29.8 Å². The van der Waals surface area contributed by atoms with Gasteiger partial charge in [0, 0.05) is 17.6 Å². The third-order valence-corrected chi connectivity index (χ3v) is 6.73. The van der Waals surface area contributed by atoms with E-state index in [1.165, 1.54) is 6.07 Å². The van der Waals surface area contributed by atoms with E-state index in [1.807, 2.05) is 30.3 Å². The molecular formula is C28H27ClFN3O3. The van der Waals surface area contributed by atoms with Crippen molar-refractivity contribution in [1.29, 1.82) is 0 Å². The fourth-order valence-corrected chi connectivity index (χ4v) is 4.90. The van der Waals surface area contributed by atoms with Gasteiger partial charge in [-0.05, 0) is 79.4 Å². The van der Waals surface area contributed by atoms with Crippen LogP contribution in [0.3, 0.4) is 0 Å². The zero-order valence-corrected chi connectivity index (χ0v) is 20.5. The van der Waals surface area contributed by atoms with E-state index >= 15 is 4.39 Å². The predicted octanol–water partition coefficient (Wildman–Crippen LogP) is 4.89. The normalized spacial score (nSPS) is 15.8. The third kappa shape index (κ3) is 5.14. The van der Waals surface area contributed by atoms with Crippen molar-refractivity contribution in [3.63, 3.8) is 0 Å². The number of halogens is 2. The molecule has 2 N–H and O–H groups in total. The van der Waals surface area contributed by atoms with Gasteiger partial charge in [-0.2, -0.15) is 0 Å². The summed E-state index contributed by atoms with van der Waals surface area (Å²) in [5.41, 5.74) is 2.29. The fraction of sp³-hybridized carbons (Fsp3) is 0.286. The number of nitrogens with zero attached hydrogens (tertiary/aromatic N) is 2. The van der Waals surface area contributed by atoms with Crippen molar-refractivity contribution in [3.05, 3.63) is 81.9 Å². The molecule has 3 aromatic carbocycles. The van der Waals surface area contributed by atoms with Crippen molar-refractivity contribution < 1.29 is 14.2 Å². The van der Waals surface area contributed by atoms with Crippen LogP contribution >= 0.6 is 11.6 Å². The molecule has 1 fully saturated rings. The van der Waals surface area contributed by atoms with Gasteiger partial charge in [-0.15, -0.1) is 0 Å². The van der Waals surface area contributed by atoms with Crippen LogP contribution in [-0.4, -0.2) is 41.0 Å². The van der Waals surface area contributed by atoms with E-state index in [2.05, 4.69) is 5.32 Å². The third-order valence-electron chi connectivity index (χ3n) is 6.49. The molecule has 0 saturated carbocycles. The van der Waals surface area contributed by atoms with Crippen molar-refractivity contribution in [1.82, 2.24) is 14.9 Å². The minimum atomic E-state index is -0.539. The molecule has 6 nitrogen and oxygen atoms in total. The highest BCUT2D eigenvalue weighted by Crippen LogP contribution is 2.29. The summed E-state index contributed by atoms with van der Waals surface area (Å²) in [6.45, 7) is 2.10. The number of nitrogens with one attached hydrogen (secondary N) is 1. The molecule has 0 aliphatic carbocycles. The van der Waals surface area contributed by atoms with Gasteiger partial charge >= 0.3 is 0 Å². The number of aliphatic hydroxyl groups is 1. The van der Waals surface area contributed by atoms with Crippen LogP contribution in [0.5, 0.6) is 5.75 Å². The highest BCUT2D eigenvalue weighted by Gasteiger charge is 2.21. The molecule has 0 amide bonds. The summed E-state index contributed by atoms with van der Waals surface area (Å²) in [6.07, 6.45) is 2.01. The molecule has 1 unspecified atom stereocenters. The Morgan fingerprint density at radius 2 is 2.00 bits per heavy atom. The average Bonchev–Trinajstić information content (AvgIpc) is 2.89. The maximum absolute atomic E-state index is 15.3. The smallest absolute Gasteiger partial charge is 0.261 e. The van der Waals surface area contributed by atoms with Crippen LogP contribution in [0.25, 0.3) is 33.4 Å². The molecule has 5 rings (SSSR count). The number of fused-ring (bicyclic) bond motifs is 1. The molecule has 1 aliphatic rings. The Balaban J connectivity index is 1.64. The van der Waals surface area contributed by atoms with E-state index in [0.29, 0.717) is 34.0 Å². The lowest BCUT2D eigenvalue weighted by Gasteiger charge is -2.25. The standard InChI is InChI=1S/C28H27ClFN3O3/c29-21-5-1-4-19(13-21)20-6-9-26-24(14-20)28(35)33(17-18-3-2-10-31-16-18)27(32-26)23-8-7-22(15-25(23)30)36-12-11-34/h1,4-9,13-15,18,31,34H,2-3,10-12,16-17H2. The SMILES string of the molecule is O=c1c2cc(-c3cccc(Cl)c3)ccc2nc(-c2ccc(OCCO)cc2F)n1CC1CCCNC1. The fourth-order valence-electron chi connectivity index (χ4n) is 4.71. The second-order valence-electron chi connectivity index (χ2n) is 9.02. The molecule has 4 aromatic rings. The van der Waals surface area contributed by atoms with Crippen molar-refractivity contribution in [3.8, 4) is 28.3 Å². The van der Waals surface area contributed by atoms with Gasteiger partial charge in [-0.3, -0.25) is 9.36 Å². The molecule has 1 saturated heterocycles. The van der Waals surface area contributed by atoms with Gasteiger partial charge in [-0.25, -0.2) is 9.37 Å². The van der Waals surface area contributed by atoms with E-state index in [4.69, 9.17) is 26.4 Å². The zero-order valence-electron chi connectivity index (χ0n) is 19.7. The number of rotatable bonds is 7. The van der Waals surface area contributed by atoms with E-state index in [1.54, 1.807) is 28.8 Å². The number of ether oxygens (including phenoxy) is 1. The second kappa shape index (κ2) is 10.8. The highest BCUT2D eigenvalue weighted by molar-refractivity contribution is 6.30.